The van der Waals surface area contributed by atoms with E-state index in [1.807, 2.05) is 13.0 Å². The van der Waals surface area contributed by atoms with Gasteiger partial charge < -0.3 is 10.6 Å². The third-order valence-electron chi connectivity index (χ3n) is 3.42. The average molecular weight is 328 g/mol. The first-order valence-electron chi connectivity index (χ1n) is 7.75. The van der Waals surface area contributed by atoms with Crippen molar-refractivity contribution >= 4 is 11.8 Å². The van der Waals surface area contributed by atoms with Gasteiger partial charge >= 0.3 is 0 Å². The average Bonchev–Trinajstić information content (AvgIpc) is 2.61. The largest absolute Gasteiger partial charge is 0.353 e. The van der Waals surface area contributed by atoms with Crippen molar-refractivity contribution in [1.82, 2.24) is 20.2 Å². The molecule has 0 atom stereocenters. The van der Waals surface area contributed by atoms with Gasteiger partial charge in [-0.15, -0.1) is 0 Å². The maximum absolute atomic E-state index is 11.8. The number of benzene rings is 1. The molecule has 1 aromatic carbocycles. The van der Waals surface area contributed by atoms with Gasteiger partial charge in [0.1, 0.15) is 0 Å². The molecule has 126 valence electrons. The lowest BCUT2D eigenvalue weighted by atomic mass is 10.2. The Kier molecular flexibility index (Phi) is 6.24. The van der Waals surface area contributed by atoms with Crippen molar-refractivity contribution < 1.29 is 9.59 Å². The molecule has 7 heteroatoms. The Morgan fingerprint density at radius 1 is 1.17 bits per heavy atom. The fraction of sp³-hybridized carbons (Fsp3) is 0.294. The predicted octanol–water partition coefficient (Wildman–Crippen LogP) is 0.352. The summed E-state index contributed by atoms with van der Waals surface area (Å²) in [5.74, 6) is -0.619. The fourth-order valence-corrected chi connectivity index (χ4v) is 2.06. The van der Waals surface area contributed by atoms with Crippen molar-refractivity contribution in [3.8, 4) is 0 Å². The topological polar surface area (TPSA) is 93.1 Å². The summed E-state index contributed by atoms with van der Waals surface area (Å²) in [6.45, 7) is 2.42. The van der Waals surface area contributed by atoms with Crippen molar-refractivity contribution in [3.63, 3.8) is 0 Å². The monoisotopic (exact) mass is 328 g/mol. The van der Waals surface area contributed by atoms with Crippen molar-refractivity contribution in [3.05, 3.63) is 64.3 Å². The molecule has 0 aliphatic rings. The highest BCUT2D eigenvalue weighted by Crippen LogP contribution is 1.97. The first-order valence-corrected chi connectivity index (χ1v) is 7.75. The van der Waals surface area contributed by atoms with E-state index >= 15 is 0 Å². The lowest BCUT2D eigenvalue weighted by molar-refractivity contribution is -0.120. The molecule has 0 fully saturated rings. The lowest BCUT2D eigenvalue weighted by Crippen LogP contribution is -2.38. The standard InChI is InChI=1S/C17H20N4O3/c1-2-14-10-16(23)21(12-20-14)9-8-18-15(22)11-19-17(24)13-6-4-3-5-7-13/h3-7,10,12H,2,8-9,11H2,1H3,(H,18,22)(H,19,24). The van der Waals surface area contributed by atoms with Crippen LogP contribution >= 0.6 is 0 Å². The third kappa shape index (κ3) is 5.05. The highest BCUT2D eigenvalue weighted by molar-refractivity contribution is 5.96. The van der Waals surface area contributed by atoms with Crippen molar-refractivity contribution in [2.75, 3.05) is 13.1 Å². The van der Waals surface area contributed by atoms with Crippen LogP contribution in [0.15, 0.2) is 47.5 Å². The minimum absolute atomic E-state index is 0.115. The van der Waals surface area contributed by atoms with Crippen LogP contribution in [0.1, 0.15) is 23.0 Å². The van der Waals surface area contributed by atoms with E-state index in [4.69, 9.17) is 0 Å². The minimum Gasteiger partial charge on any atom is -0.353 e. The van der Waals surface area contributed by atoms with Crippen LogP contribution in [-0.2, 0) is 17.8 Å². The summed E-state index contributed by atoms with van der Waals surface area (Å²) in [7, 11) is 0. The van der Waals surface area contributed by atoms with Gasteiger partial charge in [0.25, 0.3) is 11.5 Å². The number of aromatic nitrogens is 2. The van der Waals surface area contributed by atoms with Crippen LogP contribution in [-0.4, -0.2) is 34.5 Å². The van der Waals surface area contributed by atoms with Gasteiger partial charge in [-0.3, -0.25) is 19.0 Å². The Morgan fingerprint density at radius 3 is 2.58 bits per heavy atom. The number of nitrogens with one attached hydrogen (secondary N) is 2. The summed E-state index contributed by atoms with van der Waals surface area (Å²) in [5.41, 5.74) is 1.09. The zero-order valence-electron chi connectivity index (χ0n) is 13.5. The summed E-state index contributed by atoms with van der Waals surface area (Å²) in [5, 5.41) is 5.19. The van der Waals surface area contributed by atoms with Crippen molar-refractivity contribution in [1.29, 1.82) is 0 Å². The van der Waals surface area contributed by atoms with Gasteiger partial charge in [-0.25, -0.2) is 4.98 Å². The van der Waals surface area contributed by atoms with E-state index in [0.29, 0.717) is 18.5 Å². The number of hydrogen-bond donors (Lipinski definition) is 2. The van der Waals surface area contributed by atoms with Crippen LogP contribution in [0.2, 0.25) is 0 Å². The first kappa shape index (κ1) is 17.4. The smallest absolute Gasteiger partial charge is 0.253 e. The minimum atomic E-state index is -0.314. The molecule has 0 spiro atoms. The number of hydrogen-bond acceptors (Lipinski definition) is 4. The van der Waals surface area contributed by atoms with Crippen molar-refractivity contribution in [2.24, 2.45) is 0 Å². The summed E-state index contributed by atoms with van der Waals surface area (Å²) in [4.78, 5) is 39.5. The molecule has 24 heavy (non-hydrogen) atoms. The van der Waals surface area contributed by atoms with Gasteiger partial charge in [0.15, 0.2) is 0 Å². The van der Waals surface area contributed by atoms with Crippen LogP contribution in [0.4, 0.5) is 0 Å². The Morgan fingerprint density at radius 2 is 1.92 bits per heavy atom. The molecule has 0 unspecified atom stereocenters. The number of rotatable bonds is 7. The molecule has 0 saturated carbocycles. The van der Waals surface area contributed by atoms with E-state index in [-0.39, 0.29) is 30.5 Å². The van der Waals surface area contributed by atoms with Crippen molar-refractivity contribution in [2.45, 2.75) is 19.9 Å². The van der Waals surface area contributed by atoms with Crippen LogP contribution < -0.4 is 16.2 Å². The lowest BCUT2D eigenvalue weighted by Gasteiger charge is -2.08. The normalized spacial score (nSPS) is 10.2. The number of carbonyl (C=O) groups is 2. The Labute approximate surface area is 139 Å². The zero-order valence-corrected chi connectivity index (χ0v) is 13.5. The number of aryl methyl sites for hydroxylation is 1. The number of carbonyl (C=O) groups excluding carboxylic acids is 2. The third-order valence-corrected chi connectivity index (χ3v) is 3.42. The highest BCUT2D eigenvalue weighted by atomic mass is 16.2. The molecule has 2 rings (SSSR count). The molecule has 0 radical (unpaired) electrons. The van der Waals surface area contributed by atoms with Gasteiger partial charge in [-0.05, 0) is 18.6 Å². The van der Waals surface area contributed by atoms with E-state index < -0.39 is 0 Å². The number of nitrogens with zero attached hydrogens (tertiary/aromatic N) is 2. The zero-order chi connectivity index (χ0) is 17.4. The second-order valence-corrected chi connectivity index (χ2v) is 5.16. The summed E-state index contributed by atoms with van der Waals surface area (Å²) < 4.78 is 1.43. The van der Waals surface area contributed by atoms with E-state index in [0.717, 1.165) is 5.69 Å². The first-order chi connectivity index (χ1) is 11.6. The fourth-order valence-electron chi connectivity index (χ4n) is 2.06. The summed E-state index contributed by atoms with van der Waals surface area (Å²) in [6, 6.07) is 10.2. The molecule has 7 nitrogen and oxygen atoms in total. The molecule has 0 aliphatic heterocycles. The molecule has 2 amide bonds. The molecule has 2 aromatic rings. The van der Waals surface area contributed by atoms with Gasteiger partial charge in [0, 0.05) is 30.4 Å². The highest BCUT2D eigenvalue weighted by Gasteiger charge is 2.07. The molecule has 0 saturated heterocycles. The van der Waals surface area contributed by atoms with E-state index in [1.54, 1.807) is 24.3 Å². The quantitative estimate of drug-likeness (QED) is 0.767. The molecule has 2 N–H and O–H groups in total. The second kappa shape index (κ2) is 8.61. The van der Waals surface area contributed by atoms with Crippen LogP contribution in [0.5, 0.6) is 0 Å². The number of amides is 2. The molecule has 0 aliphatic carbocycles. The predicted molar refractivity (Wildman–Crippen MR) is 89.7 cm³/mol. The van der Waals surface area contributed by atoms with Gasteiger partial charge in [0.05, 0.1) is 12.9 Å². The molecular formula is C17H20N4O3. The summed E-state index contributed by atoms with van der Waals surface area (Å²) >= 11 is 0. The summed E-state index contributed by atoms with van der Waals surface area (Å²) in [6.07, 6.45) is 2.18. The van der Waals surface area contributed by atoms with E-state index in [2.05, 4.69) is 15.6 Å². The maximum Gasteiger partial charge on any atom is 0.253 e. The van der Waals surface area contributed by atoms with Gasteiger partial charge in [0.2, 0.25) is 5.91 Å². The molecular weight excluding hydrogens is 308 g/mol. The SMILES string of the molecule is CCc1cc(=O)n(CCNC(=O)CNC(=O)c2ccccc2)cn1. The van der Waals surface area contributed by atoms with Gasteiger partial charge in [-0.1, -0.05) is 25.1 Å². The molecule has 1 aromatic heterocycles. The second-order valence-electron chi connectivity index (χ2n) is 5.16. The Balaban J connectivity index is 1.74. The molecule has 0 bridgehead atoms. The molecule has 1 heterocycles. The van der Waals surface area contributed by atoms with E-state index in [9.17, 15) is 14.4 Å². The van der Waals surface area contributed by atoms with Crippen LogP contribution in [0.25, 0.3) is 0 Å². The Hall–Kier alpha value is -2.96. The van der Waals surface area contributed by atoms with Gasteiger partial charge in [-0.2, -0.15) is 0 Å². The van der Waals surface area contributed by atoms with E-state index in [1.165, 1.54) is 17.0 Å². The van der Waals surface area contributed by atoms with Crippen LogP contribution in [0, 0.1) is 0 Å². The van der Waals surface area contributed by atoms with Crippen LogP contribution in [0.3, 0.4) is 0 Å². The Bertz CT molecular complexity index is 756. The maximum atomic E-state index is 11.8.